The summed E-state index contributed by atoms with van der Waals surface area (Å²) in [6.07, 6.45) is 51.8. The molecular formula is C48H102. The van der Waals surface area contributed by atoms with Crippen molar-refractivity contribution >= 4 is 0 Å². The topological polar surface area (TPSA) is 0 Å². The zero-order valence-corrected chi connectivity index (χ0v) is 36.2. The van der Waals surface area contributed by atoms with Crippen LogP contribution in [0.2, 0.25) is 0 Å². The van der Waals surface area contributed by atoms with Crippen molar-refractivity contribution in [1.82, 2.24) is 0 Å². The molecule has 0 nitrogen and oxygen atoms in total. The molecule has 0 rings (SSSR count). The lowest BCUT2D eigenvalue weighted by Crippen LogP contribution is -1.95. The summed E-state index contributed by atoms with van der Waals surface area (Å²) in [7, 11) is 0. The van der Waals surface area contributed by atoms with Crippen molar-refractivity contribution in [3.63, 3.8) is 0 Å². The average molecular weight is 679 g/mol. The van der Waals surface area contributed by atoms with Gasteiger partial charge in [-0.05, 0) is 25.7 Å². The molecule has 0 amide bonds. The first-order valence-corrected chi connectivity index (χ1v) is 23.1. The number of hydrogen-bond donors (Lipinski definition) is 0. The summed E-state index contributed by atoms with van der Waals surface area (Å²) in [5.74, 6) is 0.975. The highest BCUT2D eigenvalue weighted by Crippen LogP contribution is 2.18. The SMILES string of the molecule is C=C(C)CCCCCCCC.CC.CCCCCCCCC(C)CCCCCCC.CCCCCCCCCCCCCCCCCC. The molecule has 0 N–H and O–H groups in total. The molecule has 0 spiro atoms. The lowest BCUT2D eigenvalue weighted by atomic mass is 9.96. The molecule has 0 heteroatoms. The maximum Gasteiger partial charge on any atom is -0.0326 e. The van der Waals surface area contributed by atoms with Crippen molar-refractivity contribution in [3.8, 4) is 0 Å². The third kappa shape index (κ3) is 64.3. The Balaban J connectivity index is -0.000000302. The smallest absolute Gasteiger partial charge is 0.0326 e. The van der Waals surface area contributed by atoms with Gasteiger partial charge in [-0.15, -0.1) is 6.58 Å². The van der Waals surface area contributed by atoms with E-state index >= 15 is 0 Å². The summed E-state index contributed by atoms with van der Waals surface area (Å²) in [5.41, 5.74) is 1.33. The second kappa shape index (κ2) is 56.1. The van der Waals surface area contributed by atoms with E-state index in [0.717, 1.165) is 5.92 Å². The van der Waals surface area contributed by atoms with E-state index in [2.05, 4.69) is 55.0 Å². The Hall–Kier alpha value is -0.260. The zero-order chi connectivity index (χ0) is 36.6. The number of allylic oxidation sites excluding steroid dienone is 1. The van der Waals surface area contributed by atoms with Crippen molar-refractivity contribution in [2.45, 2.75) is 293 Å². The minimum absolute atomic E-state index is 0.975. The fourth-order valence-electron chi connectivity index (χ4n) is 6.34. The summed E-state index contributed by atoms with van der Waals surface area (Å²) in [6, 6.07) is 0. The summed E-state index contributed by atoms with van der Waals surface area (Å²) in [4.78, 5) is 0. The molecule has 294 valence electrons. The van der Waals surface area contributed by atoms with E-state index in [0.29, 0.717) is 0 Å². The van der Waals surface area contributed by atoms with Gasteiger partial charge in [-0.2, -0.15) is 0 Å². The average Bonchev–Trinajstić information content (AvgIpc) is 3.09. The lowest BCUT2D eigenvalue weighted by Gasteiger charge is -2.10. The normalized spacial score (nSPS) is 11.1. The molecule has 0 saturated heterocycles. The van der Waals surface area contributed by atoms with Gasteiger partial charge in [-0.3, -0.25) is 0 Å². The van der Waals surface area contributed by atoms with Crippen LogP contribution in [-0.2, 0) is 0 Å². The Morgan fingerprint density at radius 2 is 0.521 bits per heavy atom. The van der Waals surface area contributed by atoms with Gasteiger partial charge in [-0.25, -0.2) is 0 Å². The Bertz CT molecular complexity index is 474. The third-order valence-corrected chi connectivity index (χ3v) is 9.77. The molecule has 0 aromatic carbocycles. The monoisotopic (exact) mass is 679 g/mol. The van der Waals surface area contributed by atoms with Crippen LogP contribution in [0.15, 0.2) is 12.2 Å². The molecule has 48 heavy (non-hydrogen) atoms. The maximum atomic E-state index is 3.89. The number of hydrogen-bond acceptors (Lipinski definition) is 0. The molecule has 0 radical (unpaired) electrons. The molecule has 0 aliphatic carbocycles. The highest BCUT2D eigenvalue weighted by molar-refractivity contribution is 4.86. The van der Waals surface area contributed by atoms with E-state index in [-0.39, 0.29) is 0 Å². The summed E-state index contributed by atoms with van der Waals surface area (Å²) in [6.45, 7) is 23.9. The molecule has 0 fully saturated rings. The predicted octanol–water partition coefficient (Wildman–Crippen LogP) is 19.3. The molecular weight excluding hydrogens is 577 g/mol. The lowest BCUT2D eigenvalue weighted by molar-refractivity contribution is 0.432. The van der Waals surface area contributed by atoms with Gasteiger partial charge in [-0.1, -0.05) is 279 Å². The summed E-state index contributed by atoms with van der Waals surface area (Å²) in [5, 5.41) is 0. The quantitative estimate of drug-likeness (QED) is 0.0462. The third-order valence-electron chi connectivity index (χ3n) is 9.77. The number of rotatable bonds is 35. The van der Waals surface area contributed by atoms with E-state index in [9.17, 15) is 0 Å². The highest BCUT2D eigenvalue weighted by atomic mass is 14.1. The van der Waals surface area contributed by atoms with Crippen molar-refractivity contribution in [2.24, 2.45) is 5.92 Å². The van der Waals surface area contributed by atoms with Gasteiger partial charge in [0.1, 0.15) is 0 Å². The minimum atomic E-state index is 0.975. The largest absolute Gasteiger partial charge is 0.100 e. The van der Waals surface area contributed by atoms with Crippen LogP contribution in [0.4, 0.5) is 0 Å². The molecule has 0 aromatic heterocycles. The second-order valence-corrected chi connectivity index (χ2v) is 15.3. The van der Waals surface area contributed by atoms with Gasteiger partial charge in [0.05, 0.1) is 0 Å². The second-order valence-electron chi connectivity index (χ2n) is 15.3. The molecule has 1 unspecified atom stereocenters. The standard InChI is InChI=1S/C18H38.C17H36.C11H22.C2H6/c1-3-5-7-9-11-13-15-17-18-16-14-12-10-8-6-4-2;1-4-6-8-10-12-14-16-17(3)15-13-11-9-7-5-2;1-4-5-6-7-8-9-10-11(2)3;1-2/h3-18H2,1-2H3;17H,4-16H2,1-3H3;2,4-10H2,1,3H3;1-2H3. The fraction of sp³-hybridized carbons (Fsp3) is 0.958. The molecule has 0 bridgehead atoms. The molecule has 0 saturated carbocycles. The van der Waals surface area contributed by atoms with Crippen molar-refractivity contribution < 1.29 is 0 Å². The predicted molar refractivity (Wildman–Crippen MR) is 230 cm³/mol. The zero-order valence-electron chi connectivity index (χ0n) is 36.2. The van der Waals surface area contributed by atoms with Gasteiger partial charge in [0.15, 0.2) is 0 Å². The minimum Gasteiger partial charge on any atom is -0.100 e. The molecule has 0 aliphatic heterocycles. The van der Waals surface area contributed by atoms with Crippen LogP contribution in [0.5, 0.6) is 0 Å². The highest BCUT2D eigenvalue weighted by Gasteiger charge is 2.02. The van der Waals surface area contributed by atoms with Crippen LogP contribution in [0.3, 0.4) is 0 Å². The Labute approximate surface area is 310 Å². The van der Waals surface area contributed by atoms with Crippen LogP contribution in [0.25, 0.3) is 0 Å². The van der Waals surface area contributed by atoms with Crippen LogP contribution in [0, 0.1) is 5.92 Å². The molecule has 0 heterocycles. The maximum absolute atomic E-state index is 3.89. The van der Waals surface area contributed by atoms with Gasteiger partial charge in [0.2, 0.25) is 0 Å². The van der Waals surface area contributed by atoms with E-state index in [1.54, 1.807) is 0 Å². The van der Waals surface area contributed by atoms with E-state index in [1.807, 2.05) is 13.8 Å². The fourth-order valence-corrected chi connectivity index (χ4v) is 6.34. The van der Waals surface area contributed by atoms with Crippen molar-refractivity contribution in [2.75, 3.05) is 0 Å². The molecule has 1 atom stereocenters. The first-order valence-electron chi connectivity index (χ1n) is 23.1. The van der Waals surface area contributed by atoms with E-state index < -0.39 is 0 Å². The molecule has 0 aromatic rings. The number of unbranched alkanes of at least 4 members (excludes halogenated alkanes) is 29. The van der Waals surface area contributed by atoms with Crippen LogP contribution in [0.1, 0.15) is 293 Å². The van der Waals surface area contributed by atoms with Gasteiger partial charge in [0, 0.05) is 0 Å². The first-order chi connectivity index (χ1) is 23.5. The van der Waals surface area contributed by atoms with E-state index in [1.165, 1.54) is 237 Å². The Morgan fingerprint density at radius 1 is 0.333 bits per heavy atom. The van der Waals surface area contributed by atoms with Gasteiger partial charge in [0.25, 0.3) is 0 Å². The van der Waals surface area contributed by atoms with E-state index in [4.69, 9.17) is 0 Å². The van der Waals surface area contributed by atoms with Crippen molar-refractivity contribution in [3.05, 3.63) is 12.2 Å². The van der Waals surface area contributed by atoms with Crippen molar-refractivity contribution in [1.29, 1.82) is 0 Å². The van der Waals surface area contributed by atoms with Crippen LogP contribution in [-0.4, -0.2) is 0 Å². The Kier molecular flexibility index (Phi) is 63.7. The summed E-state index contributed by atoms with van der Waals surface area (Å²) < 4.78 is 0. The first kappa shape index (κ1) is 54.5. The van der Waals surface area contributed by atoms with Crippen LogP contribution >= 0.6 is 0 Å². The summed E-state index contributed by atoms with van der Waals surface area (Å²) >= 11 is 0. The van der Waals surface area contributed by atoms with Gasteiger partial charge >= 0.3 is 0 Å². The van der Waals surface area contributed by atoms with Crippen LogP contribution < -0.4 is 0 Å². The molecule has 0 aliphatic rings. The van der Waals surface area contributed by atoms with Gasteiger partial charge < -0.3 is 0 Å². The Morgan fingerprint density at radius 3 is 0.729 bits per heavy atom.